The second-order valence-electron chi connectivity index (χ2n) is 5.13. The van der Waals surface area contributed by atoms with Gasteiger partial charge >= 0.3 is 0 Å². The maximum absolute atomic E-state index is 12.3. The molecule has 0 saturated heterocycles. The minimum absolute atomic E-state index is 0.196. The zero-order valence-electron chi connectivity index (χ0n) is 11.1. The maximum atomic E-state index is 12.3. The summed E-state index contributed by atoms with van der Waals surface area (Å²) in [6.45, 7) is 1.86. The van der Waals surface area contributed by atoms with Crippen molar-refractivity contribution in [1.82, 2.24) is 10.3 Å². The van der Waals surface area contributed by atoms with Crippen molar-refractivity contribution in [1.29, 1.82) is 0 Å². The van der Waals surface area contributed by atoms with E-state index in [0.29, 0.717) is 10.7 Å². The molecule has 0 atom stereocenters. The van der Waals surface area contributed by atoms with Gasteiger partial charge in [0, 0.05) is 5.69 Å². The first kappa shape index (κ1) is 13.9. The van der Waals surface area contributed by atoms with Crippen LogP contribution in [0, 0.1) is 6.92 Å². The summed E-state index contributed by atoms with van der Waals surface area (Å²) >= 11 is 5.16. The van der Waals surface area contributed by atoms with Crippen LogP contribution in [-0.4, -0.2) is 21.4 Å². The van der Waals surface area contributed by atoms with Crippen LogP contribution in [0.4, 0.5) is 0 Å². The third-order valence-electron chi connectivity index (χ3n) is 3.65. The second-order valence-corrected chi connectivity index (χ2v) is 5.57. The molecule has 1 aromatic heterocycles. The number of thiocarbonyl (C=S) groups is 1. The predicted octanol–water partition coefficient (Wildman–Crippen LogP) is 2.11. The fourth-order valence-electron chi connectivity index (χ4n) is 2.54. The summed E-state index contributed by atoms with van der Waals surface area (Å²) in [5.41, 5.74) is 6.56. The lowest BCUT2D eigenvalue weighted by Crippen LogP contribution is -2.57. The van der Waals surface area contributed by atoms with Gasteiger partial charge < -0.3 is 11.1 Å². The Morgan fingerprint density at radius 2 is 2.05 bits per heavy atom. The monoisotopic (exact) mass is 277 g/mol. The summed E-state index contributed by atoms with van der Waals surface area (Å²) in [5, 5.41) is 3.01. The van der Waals surface area contributed by atoms with Crippen LogP contribution in [0.15, 0.2) is 18.2 Å². The number of hydrogen-bond donors (Lipinski definition) is 2. The van der Waals surface area contributed by atoms with Crippen molar-refractivity contribution in [2.45, 2.75) is 44.6 Å². The van der Waals surface area contributed by atoms with E-state index in [0.717, 1.165) is 31.4 Å². The Balaban J connectivity index is 2.18. The molecule has 19 heavy (non-hydrogen) atoms. The van der Waals surface area contributed by atoms with Crippen LogP contribution < -0.4 is 11.1 Å². The first-order chi connectivity index (χ1) is 9.03. The Labute approximate surface area is 118 Å². The summed E-state index contributed by atoms with van der Waals surface area (Å²) in [5.74, 6) is -0.196. The number of carbonyl (C=O) groups is 1. The van der Waals surface area contributed by atoms with E-state index in [-0.39, 0.29) is 5.91 Å². The van der Waals surface area contributed by atoms with Gasteiger partial charge in [0.25, 0.3) is 5.91 Å². The molecule has 3 N–H and O–H groups in total. The van der Waals surface area contributed by atoms with Crippen molar-refractivity contribution < 1.29 is 4.79 Å². The van der Waals surface area contributed by atoms with E-state index in [1.807, 2.05) is 19.1 Å². The van der Waals surface area contributed by atoms with E-state index >= 15 is 0 Å². The van der Waals surface area contributed by atoms with E-state index in [1.54, 1.807) is 6.07 Å². The molecular formula is C14H19N3OS. The van der Waals surface area contributed by atoms with Crippen LogP contribution in [0.2, 0.25) is 0 Å². The van der Waals surface area contributed by atoms with Crippen molar-refractivity contribution in [3.63, 3.8) is 0 Å². The molecule has 5 heteroatoms. The highest BCUT2D eigenvalue weighted by atomic mass is 32.1. The largest absolute Gasteiger partial charge is 0.391 e. The van der Waals surface area contributed by atoms with Gasteiger partial charge in [0.05, 0.1) is 10.5 Å². The van der Waals surface area contributed by atoms with E-state index in [1.165, 1.54) is 6.42 Å². The SMILES string of the molecule is Cc1cccc(C(=O)NC2(C(N)=S)CCCCC2)n1. The zero-order valence-corrected chi connectivity index (χ0v) is 11.9. The van der Waals surface area contributed by atoms with Gasteiger partial charge in [-0.3, -0.25) is 4.79 Å². The molecule has 1 fully saturated rings. The van der Waals surface area contributed by atoms with Crippen molar-refractivity contribution >= 4 is 23.1 Å². The average Bonchev–Trinajstić information content (AvgIpc) is 2.39. The van der Waals surface area contributed by atoms with Gasteiger partial charge in [-0.15, -0.1) is 0 Å². The quantitative estimate of drug-likeness (QED) is 0.830. The lowest BCUT2D eigenvalue weighted by atomic mass is 9.81. The highest BCUT2D eigenvalue weighted by molar-refractivity contribution is 7.80. The average molecular weight is 277 g/mol. The maximum Gasteiger partial charge on any atom is 0.270 e. The normalized spacial score (nSPS) is 17.7. The van der Waals surface area contributed by atoms with Crippen molar-refractivity contribution in [3.05, 3.63) is 29.6 Å². The molecule has 1 heterocycles. The Hall–Kier alpha value is -1.49. The van der Waals surface area contributed by atoms with Gasteiger partial charge in [-0.25, -0.2) is 4.98 Å². The molecule has 1 saturated carbocycles. The topological polar surface area (TPSA) is 68.0 Å². The van der Waals surface area contributed by atoms with Gasteiger partial charge in [-0.2, -0.15) is 0 Å². The summed E-state index contributed by atoms with van der Waals surface area (Å²) in [4.78, 5) is 16.9. The molecule has 1 amide bonds. The number of amides is 1. The van der Waals surface area contributed by atoms with Crippen LogP contribution in [0.5, 0.6) is 0 Å². The molecule has 0 bridgehead atoms. The van der Waals surface area contributed by atoms with Crippen molar-refractivity contribution in [2.75, 3.05) is 0 Å². The third kappa shape index (κ3) is 3.10. The van der Waals surface area contributed by atoms with E-state index in [4.69, 9.17) is 18.0 Å². The summed E-state index contributed by atoms with van der Waals surface area (Å²) in [6, 6.07) is 5.39. The highest BCUT2D eigenvalue weighted by Crippen LogP contribution is 2.28. The van der Waals surface area contributed by atoms with E-state index in [9.17, 15) is 4.79 Å². The molecular weight excluding hydrogens is 258 g/mol. The van der Waals surface area contributed by atoms with Crippen LogP contribution in [0.25, 0.3) is 0 Å². The van der Waals surface area contributed by atoms with Crippen LogP contribution in [0.3, 0.4) is 0 Å². The van der Waals surface area contributed by atoms with Crippen molar-refractivity contribution in [2.24, 2.45) is 5.73 Å². The number of hydrogen-bond acceptors (Lipinski definition) is 3. The van der Waals surface area contributed by atoms with Crippen LogP contribution in [-0.2, 0) is 0 Å². The number of nitrogens with one attached hydrogen (secondary N) is 1. The van der Waals surface area contributed by atoms with Gasteiger partial charge in [-0.1, -0.05) is 37.5 Å². The van der Waals surface area contributed by atoms with Crippen molar-refractivity contribution in [3.8, 4) is 0 Å². The highest BCUT2D eigenvalue weighted by Gasteiger charge is 2.36. The molecule has 0 aromatic carbocycles. The fourth-order valence-corrected chi connectivity index (χ4v) is 2.79. The molecule has 102 valence electrons. The third-order valence-corrected chi connectivity index (χ3v) is 4.04. The van der Waals surface area contributed by atoms with Gasteiger partial charge in [-0.05, 0) is 31.9 Å². The Kier molecular flexibility index (Phi) is 4.14. The Morgan fingerprint density at radius 1 is 1.37 bits per heavy atom. The van der Waals surface area contributed by atoms with E-state index < -0.39 is 5.54 Å². The molecule has 2 rings (SSSR count). The first-order valence-electron chi connectivity index (χ1n) is 6.60. The lowest BCUT2D eigenvalue weighted by molar-refractivity contribution is 0.0903. The number of aryl methyl sites for hydroxylation is 1. The van der Waals surface area contributed by atoms with Crippen LogP contribution in [0.1, 0.15) is 48.3 Å². The van der Waals surface area contributed by atoms with Crippen LogP contribution >= 0.6 is 12.2 Å². The molecule has 0 spiro atoms. The van der Waals surface area contributed by atoms with E-state index in [2.05, 4.69) is 10.3 Å². The summed E-state index contributed by atoms with van der Waals surface area (Å²) in [7, 11) is 0. The number of pyridine rings is 1. The number of nitrogens with zero attached hydrogens (tertiary/aromatic N) is 1. The smallest absolute Gasteiger partial charge is 0.270 e. The minimum atomic E-state index is -0.532. The number of aromatic nitrogens is 1. The van der Waals surface area contributed by atoms with Gasteiger partial charge in [0.2, 0.25) is 0 Å². The van der Waals surface area contributed by atoms with Gasteiger partial charge in [0.1, 0.15) is 5.69 Å². The second kappa shape index (κ2) is 5.65. The molecule has 0 radical (unpaired) electrons. The lowest BCUT2D eigenvalue weighted by Gasteiger charge is -2.37. The minimum Gasteiger partial charge on any atom is -0.391 e. The summed E-state index contributed by atoms with van der Waals surface area (Å²) < 4.78 is 0. The Morgan fingerprint density at radius 3 is 2.63 bits per heavy atom. The number of nitrogens with two attached hydrogens (primary N) is 1. The molecule has 4 nitrogen and oxygen atoms in total. The Bertz CT molecular complexity index is 495. The standard InChI is InChI=1S/C14H19N3OS/c1-10-6-5-7-11(16-10)12(18)17-14(13(15)19)8-3-2-4-9-14/h5-7H,2-4,8-9H2,1H3,(H2,15,19)(H,17,18). The zero-order chi connectivity index (χ0) is 13.9. The molecule has 1 aromatic rings. The van der Waals surface area contributed by atoms with Gasteiger partial charge in [0.15, 0.2) is 0 Å². The molecule has 1 aliphatic rings. The fraction of sp³-hybridized carbons (Fsp3) is 0.500. The number of rotatable bonds is 3. The predicted molar refractivity (Wildman–Crippen MR) is 79.0 cm³/mol. The first-order valence-corrected chi connectivity index (χ1v) is 7.00. The molecule has 0 aliphatic heterocycles. The molecule has 1 aliphatic carbocycles. The number of carbonyl (C=O) groups excluding carboxylic acids is 1. The summed E-state index contributed by atoms with van der Waals surface area (Å²) in [6.07, 6.45) is 4.89. The molecule has 0 unspecified atom stereocenters.